The molecular formula is C18H15FN2O3S. The van der Waals surface area contributed by atoms with Gasteiger partial charge in [-0.05, 0) is 42.5 Å². The topological polar surface area (TPSA) is 60.5 Å². The fourth-order valence-corrected chi connectivity index (χ4v) is 2.95. The molecule has 2 aromatic carbocycles. The summed E-state index contributed by atoms with van der Waals surface area (Å²) in [6.45, 7) is 0. The molecule has 0 aliphatic carbocycles. The maximum Gasteiger partial charge on any atom is 0.257 e. The van der Waals surface area contributed by atoms with Gasteiger partial charge in [-0.2, -0.15) is 0 Å². The summed E-state index contributed by atoms with van der Waals surface area (Å²) in [4.78, 5) is 16.6. The number of anilines is 1. The van der Waals surface area contributed by atoms with Crippen LogP contribution in [0.15, 0.2) is 47.8 Å². The third-order valence-electron chi connectivity index (χ3n) is 3.51. The van der Waals surface area contributed by atoms with E-state index in [9.17, 15) is 9.18 Å². The van der Waals surface area contributed by atoms with Gasteiger partial charge in [0.15, 0.2) is 5.13 Å². The highest BCUT2D eigenvalue weighted by Crippen LogP contribution is 2.32. The average molecular weight is 358 g/mol. The van der Waals surface area contributed by atoms with E-state index in [-0.39, 0.29) is 11.7 Å². The van der Waals surface area contributed by atoms with Crippen molar-refractivity contribution in [1.29, 1.82) is 0 Å². The maximum absolute atomic E-state index is 13.5. The number of nitrogens with zero attached hydrogens (tertiary/aromatic N) is 1. The van der Waals surface area contributed by atoms with Gasteiger partial charge in [0.05, 0.1) is 19.9 Å². The molecule has 5 nitrogen and oxygen atoms in total. The Morgan fingerprint density at radius 3 is 2.56 bits per heavy atom. The van der Waals surface area contributed by atoms with E-state index >= 15 is 0 Å². The zero-order valence-electron chi connectivity index (χ0n) is 13.6. The zero-order valence-corrected chi connectivity index (χ0v) is 14.4. The number of amides is 1. The van der Waals surface area contributed by atoms with E-state index in [0.717, 1.165) is 0 Å². The number of thiazole rings is 1. The number of hydrogen-bond donors (Lipinski definition) is 1. The van der Waals surface area contributed by atoms with Crippen LogP contribution in [0.1, 0.15) is 10.4 Å². The summed E-state index contributed by atoms with van der Waals surface area (Å²) in [5.41, 5.74) is 1.55. The van der Waals surface area contributed by atoms with Crippen LogP contribution in [0.2, 0.25) is 0 Å². The van der Waals surface area contributed by atoms with Crippen molar-refractivity contribution in [3.05, 3.63) is 59.2 Å². The van der Waals surface area contributed by atoms with E-state index in [1.807, 2.05) is 0 Å². The quantitative estimate of drug-likeness (QED) is 0.742. The first-order valence-electron chi connectivity index (χ1n) is 7.35. The van der Waals surface area contributed by atoms with Crippen LogP contribution in [0, 0.1) is 5.82 Å². The van der Waals surface area contributed by atoms with Crippen molar-refractivity contribution in [2.45, 2.75) is 0 Å². The molecule has 1 amide bonds. The molecule has 0 radical (unpaired) electrons. The Balaban J connectivity index is 1.79. The molecule has 1 N–H and O–H groups in total. The highest BCUT2D eigenvalue weighted by Gasteiger charge is 2.13. The molecule has 1 heterocycles. The second kappa shape index (κ2) is 7.31. The van der Waals surface area contributed by atoms with Gasteiger partial charge in [-0.1, -0.05) is 0 Å². The Hall–Kier alpha value is -2.93. The molecule has 0 fully saturated rings. The second-order valence-electron chi connectivity index (χ2n) is 5.07. The van der Waals surface area contributed by atoms with Gasteiger partial charge in [0, 0.05) is 16.5 Å². The van der Waals surface area contributed by atoms with E-state index in [0.29, 0.717) is 33.5 Å². The molecule has 0 bridgehead atoms. The van der Waals surface area contributed by atoms with Gasteiger partial charge in [-0.25, -0.2) is 9.37 Å². The summed E-state index contributed by atoms with van der Waals surface area (Å²) in [5, 5.41) is 4.89. The summed E-state index contributed by atoms with van der Waals surface area (Å²) >= 11 is 1.25. The van der Waals surface area contributed by atoms with Crippen LogP contribution in [0.25, 0.3) is 11.3 Å². The van der Waals surface area contributed by atoms with E-state index in [2.05, 4.69) is 10.3 Å². The zero-order chi connectivity index (χ0) is 17.8. The van der Waals surface area contributed by atoms with Gasteiger partial charge in [0.2, 0.25) is 0 Å². The first-order valence-corrected chi connectivity index (χ1v) is 8.23. The average Bonchev–Trinajstić information content (AvgIpc) is 3.10. The van der Waals surface area contributed by atoms with Crippen molar-refractivity contribution in [3.8, 4) is 22.8 Å². The molecule has 0 aliphatic heterocycles. The minimum absolute atomic E-state index is 0.283. The van der Waals surface area contributed by atoms with Gasteiger partial charge in [0.25, 0.3) is 5.91 Å². The lowest BCUT2D eigenvalue weighted by Gasteiger charge is -2.06. The van der Waals surface area contributed by atoms with Crippen molar-refractivity contribution in [2.24, 2.45) is 0 Å². The lowest BCUT2D eigenvalue weighted by molar-refractivity contribution is 0.102. The van der Waals surface area contributed by atoms with Crippen molar-refractivity contribution >= 4 is 22.4 Å². The monoisotopic (exact) mass is 358 g/mol. The molecule has 0 aliphatic rings. The number of rotatable bonds is 5. The Labute approximate surface area is 148 Å². The van der Waals surface area contributed by atoms with Crippen LogP contribution >= 0.6 is 11.3 Å². The molecule has 0 unspecified atom stereocenters. The van der Waals surface area contributed by atoms with E-state index in [4.69, 9.17) is 9.47 Å². The third kappa shape index (κ3) is 3.77. The Kier molecular flexibility index (Phi) is 4.95. The number of hydrogen-bond acceptors (Lipinski definition) is 5. The van der Waals surface area contributed by atoms with Gasteiger partial charge in [0.1, 0.15) is 17.3 Å². The van der Waals surface area contributed by atoms with Gasteiger partial charge < -0.3 is 9.47 Å². The first kappa shape index (κ1) is 16.9. The standard InChI is InChI=1S/C18H15FN2O3S/c1-23-13-6-3-11(4-7-13)17(22)21-18-20-15(10-25-18)14-9-12(19)5-8-16(14)24-2/h3-10H,1-2H3,(H,20,21,22). The van der Waals surface area contributed by atoms with Gasteiger partial charge >= 0.3 is 0 Å². The van der Waals surface area contributed by atoms with Gasteiger partial charge in [-0.15, -0.1) is 11.3 Å². The number of benzene rings is 2. The van der Waals surface area contributed by atoms with Crippen LogP contribution in [-0.4, -0.2) is 25.1 Å². The van der Waals surface area contributed by atoms with E-state index in [1.54, 1.807) is 42.8 Å². The number of carbonyl (C=O) groups is 1. The highest BCUT2D eigenvalue weighted by atomic mass is 32.1. The summed E-state index contributed by atoms with van der Waals surface area (Å²) in [6, 6.07) is 11.0. The number of carbonyl (C=O) groups excluding carboxylic acids is 1. The molecule has 1 aromatic heterocycles. The number of halogens is 1. The fraction of sp³-hybridized carbons (Fsp3) is 0.111. The number of nitrogens with one attached hydrogen (secondary N) is 1. The first-order chi connectivity index (χ1) is 12.1. The van der Waals surface area contributed by atoms with Crippen LogP contribution in [0.3, 0.4) is 0 Å². The minimum Gasteiger partial charge on any atom is -0.497 e. The summed E-state index contributed by atoms with van der Waals surface area (Å²) in [5.74, 6) is 0.522. The molecule has 25 heavy (non-hydrogen) atoms. The Bertz CT molecular complexity index is 894. The largest absolute Gasteiger partial charge is 0.497 e. The van der Waals surface area contributed by atoms with Crippen LogP contribution in [0.5, 0.6) is 11.5 Å². The van der Waals surface area contributed by atoms with Crippen LogP contribution < -0.4 is 14.8 Å². The molecule has 0 spiro atoms. The van der Waals surface area contributed by atoms with Crippen molar-refractivity contribution in [1.82, 2.24) is 4.98 Å². The van der Waals surface area contributed by atoms with Crippen LogP contribution in [0.4, 0.5) is 9.52 Å². The molecule has 7 heteroatoms. The predicted octanol–water partition coefficient (Wildman–Crippen LogP) is 4.22. The summed E-state index contributed by atoms with van der Waals surface area (Å²) in [7, 11) is 3.07. The molecule has 0 saturated heterocycles. The summed E-state index contributed by atoms with van der Waals surface area (Å²) in [6.07, 6.45) is 0. The SMILES string of the molecule is COc1ccc(C(=O)Nc2nc(-c3cc(F)ccc3OC)cs2)cc1. The van der Waals surface area contributed by atoms with E-state index in [1.165, 1.54) is 30.6 Å². The molecule has 0 atom stereocenters. The summed E-state index contributed by atoms with van der Waals surface area (Å²) < 4.78 is 23.8. The number of methoxy groups -OCH3 is 2. The molecule has 128 valence electrons. The lowest BCUT2D eigenvalue weighted by Crippen LogP contribution is -2.11. The Morgan fingerprint density at radius 1 is 1.12 bits per heavy atom. The highest BCUT2D eigenvalue weighted by molar-refractivity contribution is 7.14. The Morgan fingerprint density at radius 2 is 1.88 bits per heavy atom. The molecule has 0 saturated carbocycles. The lowest BCUT2D eigenvalue weighted by atomic mass is 10.1. The second-order valence-corrected chi connectivity index (χ2v) is 5.92. The smallest absolute Gasteiger partial charge is 0.257 e. The number of ether oxygens (including phenoxy) is 2. The molecule has 3 aromatic rings. The fourth-order valence-electron chi connectivity index (χ4n) is 2.25. The minimum atomic E-state index is -0.382. The van der Waals surface area contributed by atoms with Crippen molar-refractivity contribution in [2.75, 3.05) is 19.5 Å². The maximum atomic E-state index is 13.5. The van der Waals surface area contributed by atoms with Crippen LogP contribution in [-0.2, 0) is 0 Å². The van der Waals surface area contributed by atoms with E-state index < -0.39 is 0 Å². The predicted molar refractivity (Wildman–Crippen MR) is 95.0 cm³/mol. The van der Waals surface area contributed by atoms with Gasteiger partial charge in [-0.3, -0.25) is 10.1 Å². The third-order valence-corrected chi connectivity index (χ3v) is 4.27. The molecule has 3 rings (SSSR count). The number of aromatic nitrogens is 1. The van der Waals surface area contributed by atoms with Crippen molar-refractivity contribution in [3.63, 3.8) is 0 Å². The van der Waals surface area contributed by atoms with Crippen molar-refractivity contribution < 1.29 is 18.7 Å². The molecular weight excluding hydrogens is 343 g/mol. The normalized spacial score (nSPS) is 10.4.